The van der Waals surface area contributed by atoms with Crippen LogP contribution in [0.1, 0.15) is 40.4 Å². The molecule has 0 fully saturated rings. The van der Waals surface area contributed by atoms with Crippen LogP contribution in [0.2, 0.25) is 5.02 Å². The van der Waals surface area contributed by atoms with Gasteiger partial charge in [-0.1, -0.05) is 54.1 Å². The lowest BCUT2D eigenvalue weighted by molar-refractivity contribution is -0.137. The maximum Gasteiger partial charge on any atom is 0.305 e. The average Bonchev–Trinajstić information content (AvgIpc) is 3.11. The fourth-order valence-corrected chi connectivity index (χ4v) is 4.51. The second-order valence-corrected chi connectivity index (χ2v) is 9.15. The zero-order chi connectivity index (χ0) is 23.4. The minimum atomic E-state index is -0.931. The molecule has 1 atom stereocenters. The van der Waals surface area contributed by atoms with E-state index in [-0.39, 0.29) is 18.9 Å². The molecule has 0 aliphatic carbocycles. The first-order valence-corrected chi connectivity index (χ1v) is 11.3. The molecule has 5 nitrogen and oxygen atoms in total. The van der Waals surface area contributed by atoms with Crippen molar-refractivity contribution >= 4 is 23.5 Å². The molecule has 33 heavy (non-hydrogen) atoms. The Bertz CT molecular complexity index is 1160. The van der Waals surface area contributed by atoms with E-state index < -0.39 is 11.6 Å². The smallest absolute Gasteiger partial charge is 0.305 e. The Morgan fingerprint density at radius 3 is 2.52 bits per heavy atom. The third kappa shape index (κ3) is 5.74. The molecule has 3 aromatic carbocycles. The third-order valence-corrected chi connectivity index (χ3v) is 6.03. The van der Waals surface area contributed by atoms with Crippen LogP contribution in [0.25, 0.3) is 0 Å². The van der Waals surface area contributed by atoms with Gasteiger partial charge in [-0.15, -0.1) is 0 Å². The summed E-state index contributed by atoms with van der Waals surface area (Å²) in [6.45, 7) is 2.56. The molecule has 6 heteroatoms. The summed E-state index contributed by atoms with van der Waals surface area (Å²) in [6.07, 6.45) is 1.26. The molecule has 170 valence electrons. The van der Waals surface area contributed by atoms with Crippen LogP contribution in [0.4, 0.5) is 0 Å². The van der Waals surface area contributed by atoms with Crippen molar-refractivity contribution in [3.63, 3.8) is 0 Å². The van der Waals surface area contributed by atoms with Gasteiger partial charge in [-0.2, -0.15) is 0 Å². The zero-order valence-electron chi connectivity index (χ0n) is 18.5. The highest BCUT2D eigenvalue weighted by atomic mass is 35.5. The Morgan fingerprint density at radius 2 is 1.79 bits per heavy atom. The Hall–Kier alpha value is -3.31. The normalized spacial score (nSPS) is 16.7. The molecule has 0 aromatic heterocycles. The molecule has 0 saturated heterocycles. The summed E-state index contributed by atoms with van der Waals surface area (Å²) in [5.41, 5.74) is 3.13. The Labute approximate surface area is 198 Å². The fourth-order valence-electron chi connectivity index (χ4n) is 4.30. The number of carboxylic acid groups (broad SMARTS) is 1. The van der Waals surface area contributed by atoms with E-state index >= 15 is 0 Å². The minimum Gasteiger partial charge on any atom is -0.487 e. The van der Waals surface area contributed by atoms with Gasteiger partial charge >= 0.3 is 5.97 Å². The van der Waals surface area contributed by atoms with Gasteiger partial charge in [0.15, 0.2) is 0 Å². The first-order valence-electron chi connectivity index (χ1n) is 10.9. The van der Waals surface area contributed by atoms with E-state index in [2.05, 4.69) is 6.92 Å². The van der Waals surface area contributed by atoms with Gasteiger partial charge in [-0.05, 0) is 53.9 Å². The highest BCUT2D eigenvalue weighted by molar-refractivity contribution is 6.30. The predicted octanol–water partition coefficient (Wildman–Crippen LogP) is 5.39. The molecule has 4 rings (SSSR count). The number of rotatable bonds is 8. The number of aliphatic carboxylic acids is 1. The molecule has 1 aliphatic rings. The number of carbonyl (C=O) groups is 2. The Balaban J connectivity index is 1.52. The summed E-state index contributed by atoms with van der Waals surface area (Å²) in [5.74, 6) is -0.345. The van der Waals surface area contributed by atoms with Crippen molar-refractivity contribution in [3.05, 3.63) is 100 Å². The predicted molar refractivity (Wildman–Crippen MR) is 128 cm³/mol. The summed E-state index contributed by atoms with van der Waals surface area (Å²) in [6, 6.07) is 22.8. The molecule has 0 unspecified atom stereocenters. The van der Waals surface area contributed by atoms with Crippen LogP contribution in [-0.2, 0) is 24.2 Å². The number of amides is 1. The molecule has 1 N–H and O–H groups in total. The van der Waals surface area contributed by atoms with Gasteiger partial charge in [-0.3, -0.25) is 9.59 Å². The summed E-state index contributed by atoms with van der Waals surface area (Å²) < 4.78 is 6.26. The second-order valence-electron chi connectivity index (χ2n) is 8.71. The van der Waals surface area contributed by atoms with Gasteiger partial charge in [0.25, 0.3) is 5.91 Å². The first-order chi connectivity index (χ1) is 15.8. The lowest BCUT2D eigenvalue weighted by Gasteiger charge is -2.24. The molecule has 1 amide bonds. The highest BCUT2D eigenvalue weighted by Gasteiger charge is 2.35. The van der Waals surface area contributed by atoms with Gasteiger partial charge in [0.2, 0.25) is 0 Å². The summed E-state index contributed by atoms with van der Waals surface area (Å²) in [5, 5.41) is 9.83. The molecule has 1 aliphatic heterocycles. The van der Waals surface area contributed by atoms with E-state index in [0.29, 0.717) is 30.0 Å². The SMILES string of the molecule is C[C@@]1(Cc2cccc(Cl)c2)Cc2cc(C(=O)N(CCC(=O)O)Cc3ccccc3)ccc2O1. The minimum absolute atomic E-state index is 0.107. The molecular formula is C27H26ClNO4. The van der Waals surface area contributed by atoms with Crippen LogP contribution in [0, 0.1) is 0 Å². The monoisotopic (exact) mass is 463 g/mol. The number of hydrogen-bond donors (Lipinski definition) is 1. The van der Waals surface area contributed by atoms with Crippen molar-refractivity contribution in [3.8, 4) is 5.75 Å². The number of benzene rings is 3. The zero-order valence-corrected chi connectivity index (χ0v) is 19.2. The standard InChI is InChI=1S/C27H26ClNO4/c1-27(16-20-8-5-9-23(28)14-20)17-22-15-21(10-11-24(22)33-27)26(32)29(13-12-25(30)31)18-19-6-3-2-4-7-19/h2-11,14-15H,12-13,16-18H2,1H3,(H,30,31)/t27-/m1/s1. The number of nitrogens with zero attached hydrogens (tertiary/aromatic N) is 1. The molecular weight excluding hydrogens is 438 g/mol. The number of hydrogen-bond acceptors (Lipinski definition) is 3. The van der Waals surface area contributed by atoms with Crippen molar-refractivity contribution in [2.45, 2.75) is 38.3 Å². The van der Waals surface area contributed by atoms with Gasteiger partial charge in [0.1, 0.15) is 11.4 Å². The van der Waals surface area contributed by atoms with E-state index in [1.807, 2.05) is 66.7 Å². The van der Waals surface area contributed by atoms with Crippen molar-refractivity contribution in [2.24, 2.45) is 0 Å². The van der Waals surface area contributed by atoms with E-state index in [0.717, 1.165) is 22.4 Å². The van der Waals surface area contributed by atoms with Gasteiger partial charge in [0.05, 0.1) is 6.42 Å². The number of fused-ring (bicyclic) bond motifs is 1. The first kappa shape index (κ1) is 22.9. The number of carboxylic acids is 1. The van der Waals surface area contributed by atoms with E-state index in [9.17, 15) is 9.59 Å². The lowest BCUT2D eigenvalue weighted by atomic mass is 9.91. The average molecular weight is 464 g/mol. The van der Waals surface area contributed by atoms with Crippen LogP contribution in [0.3, 0.4) is 0 Å². The molecule has 0 bridgehead atoms. The molecule has 0 radical (unpaired) electrons. The molecule has 0 saturated carbocycles. The maximum atomic E-state index is 13.3. The van der Waals surface area contributed by atoms with Crippen LogP contribution < -0.4 is 4.74 Å². The quantitative estimate of drug-likeness (QED) is 0.486. The summed E-state index contributed by atoms with van der Waals surface area (Å²) in [7, 11) is 0. The van der Waals surface area contributed by atoms with Crippen molar-refractivity contribution in [1.29, 1.82) is 0 Å². The second kappa shape index (κ2) is 9.67. The Morgan fingerprint density at radius 1 is 1.03 bits per heavy atom. The van der Waals surface area contributed by atoms with Crippen LogP contribution in [-0.4, -0.2) is 34.0 Å². The summed E-state index contributed by atoms with van der Waals surface area (Å²) >= 11 is 6.13. The lowest BCUT2D eigenvalue weighted by Crippen LogP contribution is -2.33. The van der Waals surface area contributed by atoms with E-state index in [1.165, 1.54) is 0 Å². The van der Waals surface area contributed by atoms with E-state index in [1.54, 1.807) is 11.0 Å². The molecule has 3 aromatic rings. The van der Waals surface area contributed by atoms with E-state index in [4.69, 9.17) is 21.4 Å². The van der Waals surface area contributed by atoms with Crippen LogP contribution in [0.5, 0.6) is 5.75 Å². The highest BCUT2D eigenvalue weighted by Crippen LogP contribution is 2.38. The fraction of sp³-hybridized carbons (Fsp3) is 0.259. The van der Waals surface area contributed by atoms with Gasteiger partial charge in [-0.25, -0.2) is 0 Å². The van der Waals surface area contributed by atoms with Crippen LogP contribution in [0.15, 0.2) is 72.8 Å². The van der Waals surface area contributed by atoms with Gasteiger partial charge < -0.3 is 14.7 Å². The third-order valence-electron chi connectivity index (χ3n) is 5.79. The van der Waals surface area contributed by atoms with Gasteiger partial charge in [0, 0.05) is 36.5 Å². The van der Waals surface area contributed by atoms with Crippen molar-refractivity contribution in [1.82, 2.24) is 4.90 Å². The largest absolute Gasteiger partial charge is 0.487 e. The molecule has 1 heterocycles. The summed E-state index contributed by atoms with van der Waals surface area (Å²) in [4.78, 5) is 26.1. The maximum absolute atomic E-state index is 13.3. The number of ether oxygens (including phenoxy) is 1. The van der Waals surface area contributed by atoms with Crippen molar-refractivity contribution in [2.75, 3.05) is 6.54 Å². The number of carbonyl (C=O) groups excluding carboxylic acids is 1. The van der Waals surface area contributed by atoms with Crippen LogP contribution >= 0.6 is 11.6 Å². The van der Waals surface area contributed by atoms with Crippen molar-refractivity contribution < 1.29 is 19.4 Å². The topological polar surface area (TPSA) is 66.8 Å². The number of halogens is 1. The Kier molecular flexibility index (Phi) is 6.70. The molecule has 0 spiro atoms.